The standard InChI is InChI=1S/C10H18N2O2/c1-8-3-2-5-12(8)10(13)9-7-11-4-6-14-9/h8-9,11H,2-7H2,1H3/t8?,9-/m0/s1. The van der Waals surface area contributed by atoms with Crippen molar-refractivity contribution < 1.29 is 9.53 Å². The summed E-state index contributed by atoms with van der Waals surface area (Å²) >= 11 is 0. The van der Waals surface area contributed by atoms with Gasteiger partial charge in [-0.1, -0.05) is 0 Å². The third-order valence-electron chi connectivity index (χ3n) is 3.04. The lowest BCUT2D eigenvalue weighted by Crippen LogP contribution is -2.50. The second kappa shape index (κ2) is 4.28. The molecule has 80 valence electrons. The van der Waals surface area contributed by atoms with Crippen molar-refractivity contribution in [2.75, 3.05) is 26.2 Å². The fourth-order valence-electron chi connectivity index (χ4n) is 2.17. The summed E-state index contributed by atoms with van der Waals surface area (Å²) in [5.41, 5.74) is 0. The van der Waals surface area contributed by atoms with Gasteiger partial charge < -0.3 is 15.0 Å². The first-order chi connectivity index (χ1) is 6.79. The molecule has 0 bridgehead atoms. The summed E-state index contributed by atoms with van der Waals surface area (Å²) in [5.74, 6) is 0.169. The second-order valence-corrected chi connectivity index (χ2v) is 4.09. The molecule has 2 aliphatic rings. The topological polar surface area (TPSA) is 41.6 Å². The minimum atomic E-state index is -0.246. The Morgan fingerprint density at radius 1 is 1.57 bits per heavy atom. The summed E-state index contributed by atoms with van der Waals surface area (Å²) in [6.45, 7) is 5.20. The maximum Gasteiger partial charge on any atom is 0.253 e. The number of rotatable bonds is 1. The zero-order valence-corrected chi connectivity index (χ0v) is 8.66. The summed E-state index contributed by atoms with van der Waals surface area (Å²) in [6, 6.07) is 0.396. The van der Waals surface area contributed by atoms with Gasteiger partial charge in [0.05, 0.1) is 6.61 Å². The maximum atomic E-state index is 12.0. The first kappa shape index (κ1) is 9.93. The van der Waals surface area contributed by atoms with Gasteiger partial charge in [0.25, 0.3) is 5.91 Å². The van der Waals surface area contributed by atoms with Gasteiger partial charge >= 0.3 is 0 Å². The Kier molecular flexibility index (Phi) is 3.03. The quantitative estimate of drug-likeness (QED) is 0.644. The summed E-state index contributed by atoms with van der Waals surface area (Å²) in [4.78, 5) is 13.9. The lowest BCUT2D eigenvalue weighted by molar-refractivity contribution is -0.145. The lowest BCUT2D eigenvalue weighted by Gasteiger charge is -2.29. The van der Waals surface area contributed by atoms with Gasteiger partial charge in [0, 0.05) is 25.7 Å². The van der Waals surface area contributed by atoms with Crippen molar-refractivity contribution >= 4 is 5.91 Å². The summed E-state index contributed by atoms with van der Waals surface area (Å²) in [5, 5.41) is 3.18. The molecule has 2 saturated heterocycles. The normalized spacial score (nSPS) is 33.4. The van der Waals surface area contributed by atoms with E-state index in [0.717, 1.165) is 25.9 Å². The summed E-state index contributed by atoms with van der Waals surface area (Å²) in [6.07, 6.45) is 2.02. The number of nitrogens with one attached hydrogen (secondary N) is 1. The molecule has 0 aromatic heterocycles. The Morgan fingerprint density at radius 2 is 2.43 bits per heavy atom. The van der Waals surface area contributed by atoms with E-state index in [2.05, 4.69) is 12.2 Å². The van der Waals surface area contributed by atoms with Gasteiger partial charge in [0.1, 0.15) is 6.10 Å². The SMILES string of the molecule is CC1CCCN1C(=O)[C@@H]1CNCCO1. The van der Waals surface area contributed by atoms with Gasteiger partial charge in [0.15, 0.2) is 0 Å². The van der Waals surface area contributed by atoms with E-state index < -0.39 is 0 Å². The molecule has 0 aromatic carbocycles. The van der Waals surface area contributed by atoms with Crippen molar-refractivity contribution in [3.8, 4) is 0 Å². The molecule has 14 heavy (non-hydrogen) atoms. The molecule has 0 aromatic rings. The Morgan fingerprint density at radius 3 is 3.00 bits per heavy atom. The van der Waals surface area contributed by atoms with Crippen LogP contribution in [-0.2, 0) is 9.53 Å². The Bertz CT molecular complexity index is 214. The number of carbonyl (C=O) groups excluding carboxylic acids is 1. The van der Waals surface area contributed by atoms with Gasteiger partial charge in [0.2, 0.25) is 0 Å². The van der Waals surface area contributed by atoms with Crippen LogP contribution >= 0.6 is 0 Å². The first-order valence-electron chi connectivity index (χ1n) is 5.42. The molecule has 0 radical (unpaired) electrons. The fourth-order valence-corrected chi connectivity index (χ4v) is 2.17. The third-order valence-corrected chi connectivity index (χ3v) is 3.04. The third kappa shape index (κ3) is 1.91. The number of carbonyl (C=O) groups is 1. The average Bonchev–Trinajstić information content (AvgIpc) is 2.65. The number of nitrogens with zero attached hydrogens (tertiary/aromatic N) is 1. The van der Waals surface area contributed by atoms with Crippen molar-refractivity contribution in [2.24, 2.45) is 0 Å². The van der Waals surface area contributed by atoms with E-state index in [-0.39, 0.29) is 12.0 Å². The van der Waals surface area contributed by atoms with Crippen molar-refractivity contribution in [2.45, 2.75) is 31.9 Å². The summed E-state index contributed by atoms with van der Waals surface area (Å²) in [7, 11) is 0. The zero-order chi connectivity index (χ0) is 9.97. The maximum absolute atomic E-state index is 12.0. The van der Waals surface area contributed by atoms with Gasteiger partial charge in [-0.3, -0.25) is 4.79 Å². The van der Waals surface area contributed by atoms with Crippen LogP contribution in [0, 0.1) is 0 Å². The highest BCUT2D eigenvalue weighted by molar-refractivity contribution is 5.81. The van der Waals surface area contributed by atoms with Crippen LogP contribution in [0.5, 0.6) is 0 Å². The predicted octanol–water partition coefficient (Wildman–Crippen LogP) is -0.0143. The molecular weight excluding hydrogens is 180 g/mol. The van der Waals surface area contributed by atoms with E-state index in [1.165, 1.54) is 0 Å². The number of morpholine rings is 1. The number of hydrogen-bond acceptors (Lipinski definition) is 3. The van der Waals surface area contributed by atoms with Crippen LogP contribution in [0.15, 0.2) is 0 Å². The van der Waals surface area contributed by atoms with Crippen LogP contribution in [0.1, 0.15) is 19.8 Å². The van der Waals surface area contributed by atoms with Crippen molar-refractivity contribution in [1.29, 1.82) is 0 Å². The summed E-state index contributed by atoms with van der Waals surface area (Å²) < 4.78 is 5.45. The molecule has 2 rings (SSSR count). The molecule has 4 heteroatoms. The fraction of sp³-hybridized carbons (Fsp3) is 0.900. The molecule has 1 unspecified atom stereocenters. The molecule has 0 aliphatic carbocycles. The highest BCUT2D eigenvalue weighted by atomic mass is 16.5. The number of ether oxygens (including phenoxy) is 1. The number of likely N-dealkylation sites (tertiary alicyclic amines) is 1. The highest BCUT2D eigenvalue weighted by Crippen LogP contribution is 2.18. The van der Waals surface area contributed by atoms with Crippen LogP contribution in [-0.4, -0.2) is 49.2 Å². The van der Waals surface area contributed by atoms with Gasteiger partial charge in [-0.05, 0) is 19.8 Å². The van der Waals surface area contributed by atoms with E-state index in [1.54, 1.807) is 0 Å². The molecule has 2 aliphatic heterocycles. The van der Waals surface area contributed by atoms with Crippen LogP contribution in [0.3, 0.4) is 0 Å². The molecule has 0 saturated carbocycles. The molecule has 2 heterocycles. The van der Waals surface area contributed by atoms with Gasteiger partial charge in [-0.15, -0.1) is 0 Å². The first-order valence-corrected chi connectivity index (χ1v) is 5.42. The monoisotopic (exact) mass is 198 g/mol. The molecular formula is C10H18N2O2. The Labute approximate surface area is 84.6 Å². The van der Waals surface area contributed by atoms with Crippen molar-refractivity contribution in [1.82, 2.24) is 10.2 Å². The van der Waals surface area contributed by atoms with Crippen LogP contribution in [0.4, 0.5) is 0 Å². The number of hydrogen-bond donors (Lipinski definition) is 1. The van der Waals surface area contributed by atoms with Gasteiger partial charge in [-0.2, -0.15) is 0 Å². The molecule has 2 fully saturated rings. The largest absolute Gasteiger partial charge is 0.366 e. The molecule has 4 nitrogen and oxygen atoms in total. The number of amides is 1. The van der Waals surface area contributed by atoms with Crippen molar-refractivity contribution in [3.63, 3.8) is 0 Å². The van der Waals surface area contributed by atoms with E-state index >= 15 is 0 Å². The van der Waals surface area contributed by atoms with E-state index in [0.29, 0.717) is 19.2 Å². The zero-order valence-electron chi connectivity index (χ0n) is 8.66. The van der Waals surface area contributed by atoms with E-state index in [1.807, 2.05) is 4.90 Å². The molecule has 1 amide bonds. The second-order valence-electron chi connectivity index (χ2n) is 4.09. The Hall–Kier alpha value is -0.610. The predicted molar refractivity (Wildman–Crippen MR) is 53.0 cm³/mol. The van der Waals surface area contributed by atoms with Crippen LogP contribution in [0.25, 0.3) is 0 Å². The lowest BCUT2D eigenvalue weighted by atomic mass is 10.2. The van der Waals surface area contributed by atoms with E-state index in [4.69, 9.17) is 4.74 Å². The average molecular weight is 198 g/mol. The van der Waals surface area contributed by atoms with Crippen LogP contribution < -0.4 is 5.32 Å². The van der Waals surface area contributed by atoms with E-state index in [9.17, 15) is 4.79 Å². The molecule has 1 N–H and O–H groups in total. The molecule has 2 atom stereocenters. The van der Waals surface area contributed by atoms with Crippen LogP contribution in [0.2, 0.25) is 0 Å². The minimum absolute atomic E-state index is 0.169. The smallest absolute Gasteiger partial charge is 0.253 e. The van der Waals surface area contributed by atoms with Gasteiger partial charge in [-0.25, -0.2) is 0 Å². The van der Waals surface area contributed by atoms with Crippen molar-refractivity contribution in [3.05, 3.63) is 0 Å². The molecule has 0 spiro atoms. The Balaban J connectivity index is 1.92. The highest BCUT2D eigenvalue weighted by Gasteiger charge is 2.31. The minimum Gasteiger partial charge on any atom is -0.366 e.